The molecule has 1 aliphatic heterocycles. The number of benzene rings is 2. The number of hydrogen-bond acceptors (Lipinski definition) is 4. The van der Waals surface area contributed by atoms with Gasteiger partial charge in [0.15, 0.2) is 6.10 Å². The van der Waals surface area contributed by atoms with Gasteiger partial charge in [0.1, 0.15) is 5.75 Å². The van der Waals surface area contributed by atoms with Crippen molar-refractivity contribution in [3.63, 3.8) is 0 Å². The minimum Gasteiger partial charge on any atom is -0.483 e. The highest BCUT2D eigenvalue weighted by atomic mass is 35.5. The highest BCUT2D eigenvalue weighted by Crippen LogP contribution is 2.29. The van der Waals surface area contributed by atoms with Gasteiger partial charge in [-0.2, -0.15) is 0 Å². The molecule has 1 saturated heterocycles. The van der Waals surface area contributed by atoms with E-state index in [0.29, 0.717) is 22.0 Å². The van der Waals surface area contributed by atoms with Crippen molar-refractivity contribution >= 4 is 34.9 Å². The summed E-state index contributed by atoms with van der Waals surface area (Å²) in [5.74, 6) is -0.0513. The first-order valence-corrected chi connectivity index (χ1v) is 8.67. The molecule has 6 heteroatoms. The number of ether oxygens (including phenoxy) is 1. The van der Waals surface area contributed by atoms with Crippen molar-refractivity contribution in [3.8, 4) is 5.75 Å². The van der Waals surface area contributed by atoms with E-state index in [1.165, 1.54) is 4.90 Å². The molecule has 1 heterocycles. The molecule has 0 aromatic heterocycles. The number of halogens is 1. The van der Waals surface area contributed by atoms with E-state index in [0.717, 1.165) is 5.56 Å². The smallest absolute Gasteiger partial charge is 0.234 e. The molecule has 0 aliphatic carbocycles. The summed E-state index contributed by atoms with van der Waals surface area (Å²) in [5.41, 5.74) is 1.81. The molecule has 5 nitrogen and oxygen atoms in total. The molecule has 0 N–H and O–H groups in total. The Labute approximate surface area is 156 Å². The lowest BCUT2D eigenvalue weighted by Crippen LogP contribution is -2.29. The molecule has 134 valence electrons. The SMILES string of the molecule is Cc1cc(O[C@H](C)C(=O)c2ccc(Cl)cc2)ccc1N1C(=O)CCC1=O. The first-order chi connectivity index (χ1) is 12.4. The fraction of sp³-hybridized carbons (Fsp3) is 0.250. The van der Waals surface area contributed by atoms with E-state index >= 15 is 0 Å². The van der Waals surface area contributed by atoms with Crippen LogP contribution in [0.1, 0.15) is 35.7 Å². The van der Waals surface area contributed by atoms with Crippen LogP contribution in [0.2, 0.25) is 5.02 Å². The maximum atomic E-state index is 12.4. The third-order valence-corrected chi connectivity index (χ3v) is 4.52. The van der Waals surface area contributed by atoms with E-state index < -0.39 is 6.10 Å². The summed E-state index contributed by atoms with van der Waals surface area (Å²) < 4.78 is 5.74. The fourth-order valence-electron chi connectivity index (χ4n) is 2.90. The van der Waals surface area contributed by atoms with Crippen molar-refractivity contribution in [1.82, 2.24) is 0 Å². The van der Waals surface area contributed by atoms with Gasteiger partial charge in [-0.05, 0) is 61.9 Å². The second-order valence-electron chi connectivity index (χ2n) is 6.20. The third kappa shape index (κ3) is 3.63. The molecule has 0 saturated carbocycles. The summed E-state index contributed by atoms with van der Waals surface area (Å²) in [5, 5.41) is 0.562. The lowest BCUT2D eigenvalue weighted by molar-refractivity contribution is -0.121. The van der Waals surface area contributed by atoms with Gasteiger partial charge in [0.2, 0.25) is 17.6 Å². The zero-order chi connectivity index (χ0) is 18.8. The molecule has 2 amide bonds. The molecule has 0 unspecified atom stereocenters. The van der Waals surface area contributed by atoms with Crippen molar-refractivity contribution in [3.05, 3.63) is 58.6 Å². The van der Waals surface area contributed by atoms with Gasteiger partial charge >= 0.3 is 0 Å². The van der Waals surface area contributed by atoms with Gasteiger partial charge < -0.3 is 4.74 Å². The van der Waals surface area contributed by atoms with E-state index in [9.17, 15) is 14.4 Å². The number of nitrogens with zero attached hydrogens (tertiary/aromatic N) is 1. The number of carbonyl (C=O) groups is 3. The van der Waals surface area contributed by atoms with Crippen molar-refractivity contribution < 1.29 is 19.1 Å². The van der Waals surface area contributed by atoms with Crippen LogP contribution >= 0.6 is 11.6 Å². The first-order valence-electron chi connectivity index (χ1n) is 8.29. The van der Waals surface area contributed by atoms with E-state index in [1.54, 1.807) is 56.3 Å². The number of carbonyl (C=O) groups excluding carboxylic acids is 3. The Kier molecular flexibility index (Phi) is 5.09. The molecule has 0 radical (unpaired) electrons. The minimum absolute atomic E-state index is 0.159. The van der Waals surface area contributed by atoms with Crippen LogP contribution in [0.3, 0.4) is 0 Å². The number of aryl methyl sites for hydroxylation is 1. The standard InChI is InChI=1S/C20H18ClNO4/c1-12-11-16(7-8-17(12)22-18(23)9-10-19(22)24)26-13(2)20(25)14-3-5-15(21)6-4-14/h3-8,11,13H,9-10H2,1-2H3/t13-/m1/s1. The van der Waals surface area contributed by atoms with E-state index in [-0.39, 0.29) is 30.4 Å². The van der Waals surface area contributed by atoms with E-state index in [2.05, 4.69) is 0 Å². The molecule has 2 aromatic carbocycles. The first kappa shape index (κ1) is 18.1. The Hall–Kier alpha value is -2.66. The molecule has 2 aromatic rings. The lowest BCUT2D eigenvalue weighted by atomic mass is 10.1. The van der Waals surface area contributed by atoms with Crippen molar-refractivity contribution in [1.29, 1.82) is 0 Å². The summed E-state index contributed by atoms with van der Waals surface area (Å²) in [6, 6.07) is 11.7. The topological polar surface area (TPSA) is 63.7 Å². The number of imide groups is 1. The quantitative estimate of drug-likeness (QED) is 0.589. The molecule has 0 bridgehead atoms. The van der Waals surface area contributed by atoms with Crippen molar-refractivity contribution in [2.24, 2.45) is 0 Å². The molecule has 1 atom stereocenters. The largest absolute Gasteiger partial charge is 0.483 e. The predicted octanol–water partition coefficient (Wildman–Crippen LogP) is 3.95. The molecule has 1 aliphatic rings. The average Bonchev–Trinajstić information content (AvgIpc) is 2.94. The fourth-order valence-corrected chi connectivity index (χ4v) is 3.03. The van der Waals surface area contributed by atoms with Crippen LogP contribution in [0.4, 0.5) is 5.69 Å². The van der Waals surface area contributed by atoms with Gasteiger partial charge in [-0.3, -0.25) is 19.3 Å². The molecule has 3 rings (SSSR count). The predicted molar refractivity (Wildman–Crippen MR) is 98.8 cm³/mol. The van der Waals surface area contributed by atoms with Crippen LogP contribution in [-0.2, 0) is 9.59 Å². The zero-order valence-electron chi connectivity index (χ0n) is 14.5. The normalized spacial score (nSPS) is 15.3. The highest BCUT2D eigenvalue weighted by molar-refractivity contribution is 6.30. The van der Waals surface area contributed by atoms with Gasteiger partial charge in [0.25, 0.3) is 0 Å². The third-order valence-electron chi connectivity index (χ3n) is 4.27. The lowest BCUT2D eigenvalue weighted by Gasteiger charge is -2.19. The summed E-state index contributed by atoms with van der Waals surface area (Å²) in [7, 11) is 0. The van der Waals surface area contributed by atoms with Crippen LogP contribution in [0.25, 0.3) is 0 Å². The maximum absolute atomic E-state index is 12.4. The van der Waals surface area contributed by atoms with Crippen LogP contribution in [0.15, 0.2) is 42.5 Å². The van der Waals surface area contributed by atoms with Crippen LogP contribution in [-0.4, -0.2) is 23.7 Å². The van der Waals surface area contributed by atoms with Crippen molar-refractivity contribution in [2.75, 3.05) is 4.90 Å². The van der Waals surface area contributed by atoms with Crippen LogP contribution < -0.4 is 9.64 Å². The summed E-state index contributed by atoms with van der Waals surface area (Å²) in [4.78, 5) is 37.4. The van der Waals surface area contributed by atoms with Gasteiger partial charge in [-0.25, -0.2) is 0 Å². The highest BCUT2D eigenvalue weighted by Gasteiger charge is 2.31. The molecule has 26 heavy (non-hydrogen) atoms. The Balaban J connectivity index is 1.75. The number of amides is 2. The van der Waals surface area contributed by atoms with Crippen molar-refractivity contribution in [2.45, 2.75) is 32.8 Å². The maximum Gasteiger partial charge on any atom is 0.234 e. The number of anilines is 1. The number of ketones is 1. The minimum atomic E-state index is -0.684. The van der Waals surface area contributed by atoms with E-state index in [1.807, 2.05) is 0 Å². The van der Waals surface area contributed by atoms with Gasteiger partial charge in [-0.1, -0.05) is 11.6 Å². The molecular weight excluding hydrogens is 354 g/mol. The van der Waals surface area contributed by atoms with Gasteiger partial charge in [0.05, 0.1) is 5.69 Å². The Bertz CT molecular complexity index is 860. The molecule has 0 spiro atoms. The number of hydrogen-bond donors (Lipinski definition) is 0. The molecule has 1 fully saturated rings. The zero-order valence-corrected chi connectivity index (χ0v) is 15.2. The monoisotopic (exact) mass is 371 g/mol. The number of Topliss-reactive ketones (excluding diaryl/α,β-unsaturated/α-hetero) is 1. The van der Waals surface area contributed by atoms with Crippen LogP contribution in [0, 0.1) is 6.92 Å². The van der Waals surface area contributed by atoms with E-state index in [4.69, 9.17) is 16.3 Å². The number of rotatable bonds is 5. The van der Waals surface area contributed by atoms with Gasteiger partial charge in [0, 0.05) is 23.4 Å². The summed E-state index contributed by atoms with van der Waals surface area (Å²) in [6.07, 6.45) is -0.205. The van der Waals surface area contributed by atoms with Crippen LogP contribution in [0.5, 0.6) is 5.75 Å². The molecular formula is C20H18ClNO4. The van der Waals surface area contributed by atoms with Gasteiger partial charge in [-0.15, -0.1) is 0 Å². The summed E-state index contributed by atoms with van der Waals surface area (Å²) in [6.45, 7) is 3.47. The Morgan fingerprint density at radius 1 is 1.08 bits per heavy atom. The Morgan fingerprint density at radius 2 is 1.69 bits per heavy atom. The average molecular weight is 372 g/mol. The summed E-state index contributed by atoms with van der Waals surface area (Å²) >= 11 is 5.84. The second-order valence-corrected chi connectivity index (χ2v) is 6.64. The Morgan fingerprint density at radius 3 is 2.27 bits per heavy atom. The second kappa shape index (κ2) is 7.30.